The Morgan fingerprint density at radius 1 is 1.25 bits per heavy atom. The molecule has 2 N–H and O–H groups in total. The third-order valence-corrected chi connectivity index (χ3v) is 3.82. The summed E-state index contributed by atoms with van der Waals surface area (Å²) in [5.74, 6) is 0.812. The first kappa shape index (κ1) is 14.9. The zero-order chi connectivity index (χ0) is 14.4. The number of aliphatic hydroxyl groups is 1. The van der Waals surface area contributed by atoms with Gasteiger partial charge in [0.2, 0.25) is 0 Å². The Morgan fingerprint density at radius 2 is 1.95 bits per heavy atom. The van der Waals surface area contributed by atoms with Crippen LogP contribution in [0.3, 0.4) is 0 Å². The molecule has 1 aromatic carbocycles. The highest BCUT2D eigenvalue weighted by atomic mass is 16.5. The van der Waals surface area contributed by atoms with Gasteiger partial charge in [-0.05, 0) is 56.7 Å². The Hall–Kier alpha value is -1.55. The smallest absolute Gasteiger partial charge is 0.124 e. The van der Waals surface area contributed by atoms with E-state index in [0.29, 0.717) is 0 Å². The zero-order valence-corrected chi connectivity index (χ0v) is 12.0. The highest BCUT2D eigenvalue weighted by molar-refractivity contribution is 5.81. The molecular weight excluding hydrogens is 254 g/mol. The van der Waals surface area contributed by atoms with Gasteiger partial charge in [0.1, 0.15) is 11.9 Å². The molecule has 1 fully saturated rings. The van der Waals surface area contributed by atoms with Crippen molar-refractivity contribution in [3.05, 3.63) is 29.8 Å². The summed E-state index contributed by atoms with van der Waals surface area (Å²) < 4.78 is 5.86. The number of hydrogen-bond acceptors (Lipinski definition) is 4. The summed E-state index contributed by atoms with van der Waals surface area (Å²) in [4.78, 5) is 0. The second kappa shape index (κ2) is 7.29. The molecule has 0 heterocycles. The van der Waals surface area contributed by atoms with Gasteiger partial charge in [0.15, 0.2) is 0 Å². The van der Waals surface area contributed by atoms with E-state index in [0.717, 1.165) is 50.0 Å². The van der Waals surface area contributed by atoms with Gasteiger partial charge < -0.3 is 15.1 Å². The largest absolute Gasteiger partial charge is 0.488 e. The summed E-state index contributed by atoms with van der Waals surface area (Å²) in [5, 5.41) is 21.7. The number of oxime groups is 1. The average Bonchev–Trinajstić information content (AvgIpc) is 2.48. The van der Waals surface area contributed by atoms with Crippen molar-refractivity contribution in [2.45, 2.75) is 57.7 Å². The number of hydrogen-bond donors (Lipinski definition) is 2. The van der Waals surface area contributed by atoms with E-state index in [1.165, 1.54) is 5.56 Å². The molecule has 1 aliphatic carbocycles. The van der Waals surface area contributed by atoms with Crippen molar-refractivity contribution in [1.82, 2.24) is 0 Å². The minimum atomic E-state index is -0.341. The van der Waals surface area contributed by atoms with Gasteiger partial charge in [-0.1, -0.05) is 23.7 Å². The maximum Gasteiger partial charge on any atom is 0.124 e. The van der Waals surface area contributed by atoms with Crippen molar-refractivity contribution < 1.29 is 15.1 Å². The van der Waals surface area contributed by atoms with Gasteiger partial charge in [0, 0.05) is 0 Å². The minimum Gasteiger partial charge on any atom is -0.488 e. The lowest BCUT2D eigenvalue weighted by Gasteiger charge is -2.28. The fourth-order valence-corrected chi connectivity index (χ4v) is 2.50. The summed E-state index contributed by atoms with van der Waals surface area (Å²) in [6.45, 7) is 1.81. The quantitative estimate of drug-likeness (QED) is 0.494. The molecule has 0 radical (unpaired) electrons. The van der Waals surface area contributed by atoms with E-state index in [1.54, 1.807) is 0 Å². The second-order valence-corrected chi connectivity index (χ2v) is 5.49. The number of ether oxygens (including phenoxy) is 1. The lowest BCUT2D eigenvalue weighted by atomic mass is 9.95. The molecule has 0 saturated heterocycles. The maximum atomic E-state index is 9.90. The van der Waals surface area contributed by atoms with Gasteiger partial charge >= 0.3 is 0 Å². The molecule has 2 unspecified atom stereocenters. The summed E-state index contributed by atoms with van der Waals surface area (Å²) in [6, 6.07) is 7.94. The SMILES string of the molecule is C/C(CCc1ccc(OC2CCCCC2O)cc1)=N\O. The Labute approximate surface area is 120 Å². The Kier molecular flexibility index (Phi) is 5.41. The number of aliphatic hydroxyl groups excluding tert-OH is 1. The molecule has 0 bridgehead atoms. The summed E-state index contributed by atoms with van der Waals surface area (Å²) in [7, 11) is 0. The highest BCUT2D eigenvalue weighted by Gasteiger charge is 2.24. The van der Waals surface area contributed by atoms with Crippen LogP contribution >= 0.6 is 0 Å². The molecule has 1 aromatic rings. The first-order valence-corrected chi connectivity index (χ1v) is 7.30. The Bertz CT molecular complexity index is 442. The van der Waals surface area contributed by atoms with Crippen molar-refractivity contribution in [1.29, 1.82) is 0 Å². The van der Waals surface area contributed by atoms with Gasteiger partial charge in [-0.15, -0.1) is 0 Å². The van der Waals surface area contributed by atoms with Crippen molar-refractivity contribution in [3.8, 4) is 5.75 Å². The molecule has 4 heteroatoms. The van der Waals surface area contributed by atoms with Gasteiger partial charge in [0.25, 0.3) is 0 Å². The highest BCUT2D eigenvalue weighted by Crippen LogP contribution is 2.24. The molecule has 1 saturated carbocycles. The zero-order valence-electron chi connectivity index (χ0n) is 12.0. The Balaban J connectivity index is 1.87. The normalized spacial score (nSPS) is 23.6. The van der Waals surface area contributed by atoms with Gasteiger partial charge in [-0.25, -0.2) is 0 Å². The number of nitrogens with zero attached hydrogens (tertiary/aromatic N) is 1. The van der Waals surface area contributed by atoms with Gasteiger partial charge in [-0.3, -0.25) is 0 Å². The van der Waals surface area contributed by atoms with E-state index in [1.807, 2.05) is 31.2 Å². The molecule has 2 atom stereocenters. The molecule has 4 nitrogen and oxygen atoms in total. The lowest BCUT2D eigenvalue weighted by molar-refractivity contribution is 0.00687. The van der Waals surface area contributed by atoms with Gasteiger partial charge in [0.05, 0.1) is 11.8 Å². The van der Waals surface area contributed by atoms with E-state index in [-0.39, 0.29) is 12.2 Å². The van der Waals surface area contributed by atoms with Crippen LogP contribution in [0.4, 0.5) is 0 Å². The molecule has 0 aliphatic heterocycles. The summed E-state index contributed by atoms with van der Waals surface area (Å²) in [5.41, 5.74) is 1.92. The fraction of sp³-hybridized carbons (Fsp3) is 0.562. The molecule has 2 rings (SSSR count). The Morgan fingerprint density at radius 3 is 2.60 bits per heavy atom. The number of aryl methyl sites for hydroxylation is 1. The van der Waals surface area contributed by atoms with Crippen molar-refractivity contribution in [2.24, 2.45) is 5.16 Å². The van der Waals surface area contributed by atoms with Crippen LogP contribution in [-0.2, 0) is 6.42 Å². The molecular formula is C16H23NO3. The van der Waals surface area contributed by atoms with Gasteiger partial charge in [-0.2, -0.15) is 0 Å². The molecule has 110 valence electrons. The summed E-state index contributed by atoms with van der Waals surface area (Å²) >= 11 is 0. The monoisotopic (exact) mass is 277 g/mol. The first-order valence-electron chi connectivity index (χ1n) is 7.30. The van der Waals surface area contributed by atoms with Crippen LogP contribution in [-0.4, -0.2) is 28.2 Å². The van der Waals surface area contributed by atoms with Crippen molar-refractivity contribution >= 4 is 5.71 Å². The average molecular weight is 277 g/mol. The topological polar surface area (TPSA) is 62.0 Å². The van der Waals surface area contributed by atoms with Crippen LogP contribution in [0.2, 0.25) is 0 Å². The third-order valence-electron chi connectivity index (χ3n) is 3.82. The first-order chi connectivity index (χ1) is 9.69. The molecule has 1 aliphatic rings. The second-order valence-electron chi connectivity index (χ2n) is 5.49. The minimum absolute atomic E-state index is 0.0710. The lowest BCUT2D eigenvalue weighted by Crippen LogP contribution is -2.34. The fourth-order valence-electron chi connectivity index (χ4n) is 2.50. The third kappa shape index (κ3) is 4.23. The van der Waals surface area contributed by atoms with E-state index in [9.17, 15) is 5.11 Å². The molecule has 0 spiro atoms. The number of rotatable bonds is 5. The predicted octanol–water partition coefficient (Wildman–Crippen LogP) is 3.15. The van der Waals surface area contributed by atoms with Crippen LogP contribution in [0.15, 0.2) is 29.4 Å². The predicted molar refractivity (Wildman–Crippen MR) is 78.5 cm³/mol. The van der Waals surface area contributed by atoms with E-state index in [2.05, 4.69) is 5.16 Å². The van der Waals surface area contributed by atoms with E-state index >= 15 is 0 Å². The van der Waals surface area contributed by atoms with Crippen LogP contribution in [0.5, 0.6) is 5.75 Å². The van der Waals surface area contributed by atoms with Crippen molar-refractivity contribution in [2.75, 3.05) is 0 Å². The van der Waals surface area contributed by atoms with Crippen LogP contribution in [0.1, 0.15) is 44.6 Å². The van der Waals surface area contributed by atoms with Crippen LogP contribution in [0.25, 0.3) is 0 Å². The van der Waals surface area contributed by atoms with Crippen LogP contribution in [0, 0.1) is 0 Å². The standard InChI is InChI=1S/C16H23NO3/c1-12(17-19)6-7-13-8-10-14(11-9-13)20-16-5-3-2-4-15(16)18/h8-11,15-16,18-19H,2-7H2,1H3/b17-12+. The molecule has 20 heavy (non-hydrogen) atoms. The maximum absolute atomic E-state index is 9.90. The number of benzene rings is 1. The van der Waals surface area contributed by atoms with E-state index < -0.39 is 0 Å². The molecule has 0 aromatic heterocycles. The van der Waals surface area contributed by atoms with Crippen LogP contribution < -0.4 is 4.74 Å². The van der Waals surface area contributed by atoms with Crippen molar-refractivity contribution in [3.63, 3.8) is 0 Å². The molecule has 0 amide bonds. The summed E-state index contributed by atoms with van der Waals surface area (Å²) in [6.07, 6.45) is 5.16. The van der Waals surface area contributed by atoms with E-state index in [4.69, 9.17) is 9.94 Å².